The van der Waals surface area contributed by atoms with E-state index in [1.54, 1.807) is 49.4 Å². The second-order valence-corrected chi connectivity index (χ2v) is 5.89. The van der Waals surface area contributed by atoms with Gasteiger partial charge in [-0.15, -0.1) is 0 Å². The average molecular weight is 384 g/mol. The van der Waals surface area contributed by atoms with Gasteiger partial charge >= 0.3 is 5.97 Å². The number of fused-ring (bicyclic) bond motifs is 1. The fourth-order valence-corrected chi connectivity index (χ4v) is 2.98. The number of carbonyl (C=O) groups excluding carboxylic acids is 3. The molecule has 0 radical (unpaired) electrons. The summed E-state index contributed by atoms with van der Waals surface area (Å²) in [6.45, 7) is 1.75. The van der Waals surface area contributed by atoms with E-state index in [0.717, 1.165) is 4.90 Å². The number of hydrogen-bond acceptors (Lipinski definition) is 7. The molecule has 1 N–H and O–H groups in total. The van der Waals surface area contributed by atoms with Crippen LogP contribution in [0.4, 0.5) is 5.69 Å². The maximum atomic E-state index is 12.8. The number of imide groups is 1. The second-order valence-electron chi connectivity index (χ2n) is 5.89. The Morgan fingerprint density at radius 2 is 1.61 bits per heavy atom. The summed E-state index contributed by atoms with van der Waals surface area (Å²) in [5.74, 6) is -0.941. The summed E-state index contributed by atoms with van der Waals surface area (Å²) in [4.78, 5) is 39.0. The number of nitrogens with zero attached hydrogens (tertiary/aromatic N) is 1. The van der Waals surface area contributed by atoms with Crippen molar-refractivity contribution < 1.29 is 28.6 Å². The molecule has 146 valence electrons. The van der Waals surface area contributed by atoms with Crippen LogP contribution in [0.5, 0.6) is 11.5 Å². The first-order chi connectivity index (χ1) is 13.5. The van der Waals surface area contributed by atoms with Crippen LogP contribution in [0.1, 0.15) is 27.6 Å². The molecule has 1 atom stereocenters. The number of nitrogens with one attached hydrogen (secondary N) is 1. The molecule has 1 unspecified atom stereocenters. The number of benzene rings is 2. The van der Waals surface area contributed by atoms with E-state index in [4.69, 9.17) is 14.2 Å². The van der Waals surface area contributed by atoms with Gasteiger partial charge in [0.05, 0.1) is 32.0 Å². The molecule has 1 aliphatic rings. The number of rotatable bonds is 7. The molecule has 0 aliphatic carbocycles. The molecular formula is C20H20N2O6. The summed E-state index contributed by atoms with van der Waals surface area (Å²) in [7, 11) is 2.99. The lowest BCUT2D eigenvalue weighted by Crippen LogP contribution is -2.50. The summed E-state index contributed by atoms with van der Waals surface area (Å²) < 4.78 is 15.5. The largest absolute Gasteiger partial charge is 0.493 e. The van der Waals surface area contributed by atoms with Crippen molar-refractivity contribution in [2.75, 3.05) is 26.1 Å². The fraction of sp³-hybridized carbons (Fsp3) is 0.250. The van der Waals surface area contributed by atoms with Gasteiger partial charge in [0, 0.05) is 11.8 Å². The van der Waals surface area contributed by atoms with Crippen LogP contribution < -0.4 is 14.8 Å². The van der Waals surface area contributed by atoms with Crippen molar-refractivity contribution in [1.82, 2.24) is 4.90 Å². The Labute approximate surface area is 162 Å². The van der Waals surface area contributed by atoms with Crippen LogP contribution in [0.15, 0.2) is 42.5 Å². The molecule has 2 aromatic rings. The number of methoxy groups -OCH3 is 2. The van der Waals surface area contributed by atoms with Gasteiger partial charge in [0.1, 0.15) is 0 Å². The average Bonchev–Trinajstić information content (AvgIpc) is 2.97. The minimum Gasteiger partial charge on any atom is -0.493 e. The van der Waals surface area contributed by atoms with E-state index in [9.17, 15) is 14.4 Å². The van der Waals surface area contributed by atoms with Gasteiger partial charge in [0.2, 0.25) is 6.17 Å². The highest BCUT2D eigenvalue weighted by molar-refractivity contribution is 6.22. The molecule has 0 spiro atoms. The zero-order valence-electron chi connectivity index (χ0n) is 15.7. The van der Waals surface area contributed by atoms with Crippen LogP contribution in [-0.4, -0.2) is 49.7 Å². The van der Waals surface area contributed by atoms with E-state index in [2.05, 4.69) is 5.32 Å². The second kappa shape index (κ2) is 7.99. The van der Waals surface area contributed by atoms with Crippen molar-refractivity contribution in [3.05, 3.63) is 53.6 Å². The number of ether oxygens (including phenoxy) is 3. The first-order valence-corrected chi connectivity index (χ1v) is 8.64. The van der Waals surface area contributed by atoms with E-state index in [1.165, 1.54) is 14.2 Å². The van der Waals surface area contributed by atoms with Gasteiger partial charge in [-0.05, 0) is 31.2 Å². The van der Waals surface area contributed by atoms with Gasteiger partial charge in [-0.1, -0.05) is 12.1 Å². The minimum absolute atomic E-state index is 0.103. The Kier molecular flexibility index (Phi) is 5.49. The molecule has 2 amide bonds. The Bertz CT molecular complexity index is 892. The molecule has 1 aliphatic heterocycles. The number of carbonyl (C=O) groups is 3. The topological polar surface area (TPSA) is 94.2 Å². The Balaban J connectivity index is 1.96. The summed E-state index contributed by atoms with van der Waals surface area (Å²) >= 11 is 0. The highest BCUT2D eigenvalue weighted by atomic mass is 16.5. The summed E-state index contributed by atoms with van der Waals surface area (Å²) in [5.41, 5.74) is 0.944. The lowest BCUT2D eigenvalue weighted by Gasteiger charge is -2.26. The Morgan fingerprint density at radius 1 is 1.00 bits per heavy atom. The molecule has 2 aromatic carbocycles. The van der Waals surface area contributed by atoms with Crippen molar-refractivity contribution in [2.45, 2.75) is 13.1 Å². The van der Waals surface area contributed by atoms with Crippen molar-refractivity contribution in [3.63, 3.8) is 0 Å². The maximum Gasteiger partial charge on any atom is 0.350 e. The smallest absolute Gasteiger partial charge is 0.350 e. The number of hydrogen-bond donors (Lipinski definition) is 1. The molecule has 0 saturated heterocycles. The lowest BCUT2D eigenvalue weighted by molar-refractivity contribution is -0.146. The molecule has 0 saturated carbocycles. The standard InChI is InChI=1S/C20H20N2O6/c1-4-28-20(25)17(21-12-9-10-15(26-2)16(11-12)27-3)22-18(23)13-7-5-6-8-14(13)19(22)24/h5-11,17,21H,4H2,1-3H3. The van der Waals surface area contributed by atoms with E-state index < -0.39 is 23.9 Å². The summed E-state index contributed by atoms with van der Waals surface area (Å²) in [6.07, 6.45) is -1.33. The zero-order valence-corrected chi connectivity index (χ0v) is 15.7. The fourth-order valence-electron chi connectivity index (χ4n) is 2.98. The van der Waals surface area contributed by atoms with E-state index in [0.29, 0.717) is 17.2 Å². The van der Waals surface area contributed by atoms with E-state index >= 15 is 0 Å². The van der Waals surface area contributed by atoms with Crippen molar-refractivity contribution in [1.29, 1.82) is 0 Å². The minimum atomic E-state index is -1.33. The maximum absolute atomic E-state index is 12.8. The number of anilines is 1. The van der Waals surface area contributed by atoms with Crippen LogP contribution in [0.25, 0.3) is 0 Å². The third-order valence-corrected chi connectivity index (χ3v) is 4.28. The quantitative estimate of drug-likeness (QED) is 0.578. The van der Waals surface area contributed by atoms with Crippen molar-refractivity contribution >= 4 is 23.5 Å². The van der Waals surface area contributed by atoms with Crippen LogP contribution in [0.2, 0.25) is 0 Å². The molecule has 0 bridgehead atoms. The molecule has 0 fully saturated rings. The van der Waals surface area contributed by atoms with Crippen molar-refractivity contribution in [2.24, 2.45) is 0 Å². The van der Waals surface area contributed by atoms with Crippen LogP contribution in [0, 0.1) is 0 Å². The van der Waals surface area contributed by atoms with Crippen LogP contribution in [-0.2, 0) is 9.53 Å². The summed E-state index contributed by atoms with van der Waals surface area (Å²) in [6, 6.07) is 11.3. The first-order valence-electron chi connectivity index (χ1n) is 8.64. The molecular weight excluding hydrogens is 364 g/mol. The predicted molar refractivity (Wildman–Crippen MR) is 101 cm³/mol. The monoisotopic (exact) mass is 384 g/mol. The number of amides is 2. The van der Waals surface area contributed by atoms with Gasteiger partial charge in [-0.25, -0.2) is 9.69 Å². The number of esters is 1. The highest BCUT2D eigenvalue weighted by Crippen LogP contribution is 2.31. The molecule has 0 aromatic heterocycles. The Morgan fingerprint density at radius 3 is 2.14 bits per heavy atom. The third-order valence-electron chi connectivity index (χ3n) is 4.28. The SMILES string of the molecule is CCOC(=O)C(Nc1ccc(OC)c(OC)c1)N1C(=O)c2ccccc2C1=O. The third kappa shape index (κ3) is 3.36. The lowest BCUT2D eigenvalue weighted by atomic mass is 10.1. The molecule has 8 heteroatoms. The van der Waals surface area contributed by atoms with E-state index in [1.807, 2.05) is 0 Å². The van der Waals surface area contributed by atoms with Gasteiger partial charge in [-0.3, -0.25) is 9.59 Å². The molecule has 8 nitrogen and oxygen atoms in total. The van der Waals surface area contributed by atoms with Gasteiger partial charge in [0.15, 0.2) is 11.5 Å². The van der Waals surface area contributed by atoms with Gasteiger partial charge < -0.3 is 19.5 Å². The highest BCUT2D eigenvalue weighted by Gasteiger charge is 2.43. The normalized spacial score (nSPS) is 13.8. The summed E-state index contributed by atoms with van der Waals surface area (Å²) in [5, 5.41) is 2.90. The zero-order chi connectivity index (χ0) is 20.3. The van der Waals surface area contributed by atoms with Gasteiger partial charge in [0.25, 0.3) is 11.8 Å². The van der Waals surface area contributed by atoms with Crippen molar-refractivity contribution in [3.8, 4) is 11.5 Å². The van der Waals surface area contributed by atoms with E-state index in [-0.39, 0.29) is 17.7 Å². The van der Waals surface area contributed by atoms with Gasteiger partial charge in [-0.2, -0.15) is 0 Å². The molecule has 28 heavy (non-hydrogen) atoms. The Hall–Kier alpha value is -3.55. The molecule has 1 heterocycles. The molecule has 3 rings (SSSR count). The predicted octanol–water partition coefficient (Wildman–Crippen LogP) is 2.30. The first kappa shape index (κ1) is 19.2. The van der Waals surface area contributed by atoms with Crippen LogP contribution in [0.3, 0.4) is 0 Å². The van der Waals surface area contributed by atoms with Crippen LogP contribution >= 0.6 is 0 Å².